The van der Waals surface area contributed by atoms with Gasteiger partial charge in [-0.2, -0.15) is 4.68 Å². The minimum Gasteiger partial charge on any atom is -0.293 e. The Labute approximate surface area is 140 Å². The third kappa shape index (κ3) is 2.67. The van der Waals surface area contributed by atoms with E-state index in [4.69, 9.17) is 0 Å². The van der Waals surface area contributed by atoms with Gasteiger partial charge in [0.15, 0.2) is 11.2 Å². The summed E-state index contributed by atoms with van der Waals surface area (Å²) in [5.74, 6) is -0.780. The fourth-order valence-corrected chi connectivity index (χ4v) is 2.52. The van der Waals surface area contributed by atoms with Crippen LogP contribution in [-0.2, 0) is 6.54 Å². The smallest absolute Gasteiger partial charge is 0.283 e. The van der Waals surface area contributed by atoms with Gasteiger partial charge in [0.25, 0.3) is 5.56 Å². The predicted octanol–water partition coefficient (Wildman–Crippen LogP) is 2.30. The number of fused-ring (bicyclic) bond motifs is 1. The van der Waals surface area contributed by atoms with Crippen LogP contribution >= 0.6 is 0 Å². The van der Waals surface area contributed by atoms with Crippen LogP contribution in [0.3, 0.4) is 0 Å². The van der Waals surface area contributed by atoms with Crippen LogP contribution < -0.4 is 5.56 Å². The van der Waals surface area contributed by atoms with Crippen molar-refractivity contribution in [2.75, 3.05) is 0 Å². The second-order valence-corrected chi connectivity index (χ2v) is 5.42. The summed E-state index contributed by atoms with van der Waals surface area (Å²) in [4.78, 5) is 16.8. The van der Waals surface area contributed by atoms with E-state index in [0.29, 0.717) is 11.3 Å². The first-order chi connectivity index (χ1) is 12.1. The molecule has 0 fully saturated rings. The van der Waals surface area contributed by atoms with Crippen molar-refractivity contribution in [3.63, 3.8) is 0 Å². The van der Waals surface area contributed by atoms with E-state index in [1.807, 2.05) is 0 Å². The fourth-order valence-electron chi connectivity index (χ4n) is 2.52. The number of hydrogen-bond acceptors (Lipinski definition) is 4. The predicted molar refractivity (Wildman–Crippen MR) is 86.4 cm³/mol. The third-order valence-corrected chi connectivity index (χ3v) is 3.80. The molecule has 124 valence electrons. The Bertz CT molecular complexity index is 1120. The summed E-state index contributed by atoms with van der Waals surface area (Å²) in [6.45, 7) is 0.0395. The Morgan fingerprint density at radius 1 is 1.00 bits per heavy atom. The first-order valence-corrected chi connectivity index (χ1v) is 7.44. The molecule has 0 radical (unpaired) electrons. The highest BCUT2D eigenvalue weighted by molar-refractivity contribution is 5.70. The van der Waals surface area contributed by atoms with E-state index in [1.165, 1.54) is 45.9 Å². The van der Waals surface area contributed by atoms with Gasteiger partial charge in [-0.15, -0.1) is 5.10 Å². The number of hydrogen-bond donors (Lipinski definition) is 0. The first-order valence-electron chi connectivity index (χ1n) is 7.44. The highest BCUT2D eigenvalue weighted by atomic mass is 19.1. The van der Waals surface area contributed by atoms with E-state index >= 15 is 0 Å². The molecular weight excluding hydrogens is 328 g/mol. The maximum absolute atomic E-state index is 13.8. The molecule has 0 unspecified atom stereocenters. The van der Waals surface area contributed by atoms with Crippen molar-refractivity contribution in [3.8, 4) is 5.69 Å². The molecule has 0 aliphatic carbocycles. The summed E-state index contributed by atoms with van der Waals surface area (Å²) < 4.78 is 29.5. The van der Waals surface area contributed by atoms with Crippen molar-refractivity contribution in [1.82, 2.24) is 24.5 Å². The van der Waals surface area contributed by atoms with Gasteiger partial charge in [0, 0.05) is 5.56 Å². The summed E-state index contributed by atoms with van der Waals surface area (Å²) in [7, 11) is 0. The van der Waals surface area contributed by atoms with E-state index < -0.39 is 11.4 Å². The van der Waals surface area contributed by atoms with Gasteiger partial charge in [0.05, 0.1) is 12.2 Å². The largest absolute Gasteiger partial charge is 0.293 e. The van der Waals surface area contributed by atoms with Crippen molar-refractivity contribution in [3.05, 3.63) is 82.4 Å². The van der Waals surface area contributed by atoms with Crippen LogP contribution in [0.5, 0.6) is 0 Å². The third-order valence-electron chi connectivity index (χ3n) is 3.80. The average molecular weight is 339 g/mol. The van der Waals surface area contributed by atoms with E-state index in [1.54, 1.807) is 18.2 Å². The minimum absolute atomic E-state index is 0.0395. The second kappa shape index (κ2) is 5.90. The van der Waals surface area contributed by atoms with Crippen molar-refractivity contribution in [1.29, 1.82) is 0 Å². The summed E-state index contributed by atoms with van der Waals surface area (Å²) in [5.41, 5.74) is 0.783. The van der Waals surface area contributed by atoms with E-state index in [0.717, 1.165) is 0 Å². The summed E-state index contributed by atoms with van der Waals surface area (Å²) in [6, 6.07) is 11.8. The number of halogens is 2. The summed E-state index contributed by atoms with van der Waals surface area (Å²) in [5, 5.41) is 7.79. The molecular formula is C17H11F2N5O. The monoisotopic (exact) mass is 339 g/mol. The molecule has 25 heavy (non-hydrogen) atoms. The lowest BCUT2D eigenvalue weighted by Crippen LogP contribution is -2.22. The molecule has 8 heteroatoms. The molecule has 4 rings (SSSR count). The molecule has 0 bridgehead atoms. The molecule has 0 aliphatic heterocycles. The molecule has 2 aromatic carbocycles. The first kappa shape index (κ1) is 15.1. The maximum Gasteiger partial charge on any atom is 0.283 e. The molecule has 0 saturated carbocycles. The zero-order chi connectivity index (χ0) is 17.4. The van der Waals surface area contributed by atoms with Crippen molar-refractivity contribution in [2.24, 2.45) is 0 Å². The van der Waals surface area contributed by atoms with Gasteiger partial charge in [0.2, 0.25) is 0 Å². The normalized spacial score (nSPS) is 11.1. The lowest BCUT2D eigenvalue weighted by Gasteiger charge is -2.06. The Kier molecular flexibility index (Phi) is 3.57. The Balaban J connectivity index is 1.78. The van der Waals surface area contributed by atoms with Gasteiger partial charge in [-0.3, -0.25) is 9.36 Å². The van der Waals surface area contributed by atoms with Crippen molar-refractivity contribution >= 4 is 11.2 Å². The molecule has 0 amide bonds. The van der Waals surface area contributed by atoms with Crippen LogP contribution in [-0.4, -0.2) is 24.5 Å². The number of nitrogens with zero attached hydrogens (tertiary/aromatic N) is 5. The molecule has 6 nitrogen and oxygen atoms in total. The van der Waals surface area contributed by atoms with E-state index in [2.05, 4.69) is 15.3 Å². The van der Waals surface area contributed by atoms with Crippen LogP contribution in [0.15, 0.2) is 59.7 Å². The molecule has 2 aromatic heterocycles. The topological polar surface area (TPSA) is 65.6 Å². The number of rotatable bonds is 3. The van der Waals surface area contributed by atoms with E-state index in [-0.39, 0.29) is 23.5 Å². The Hall–Kier alpha value is -3.42. The van der Waals surface area contributed by atoms with Crippen LogP contribution in [0.4, 0.5) is 8.78 Å². The van der Waals surface area contributed by atoms with Gasteiger partial charge >= 0.3 is 0 Å². The highest BCUT2D eigenvalue weighted by Gasteiger charge is 2.14. The fraction of sp³-hybridized carbons (Fsp3) is 0.0588. The van der Waals surface area contributed by atoms with Crippen LogP contribution in [0.2, 0.25) is 0 Å². The van der Waals surface area contributed by atoms with Crippen LogP contribution in [0.25, 0.3) is 16.9 Å². The van der Waals surface area contributed by atoms with Gasteiger partial charge in [0.1, 0.15) is 18.0 Å². The minimum atomic E-state index is -0.429. The zero-order valence-corrected chi connectivity index (χ0v) is 12.8. The zero-order valence-electron chi connectivity index (χ0n) is 12.8. The number of aromatic nitrogens is 5. The molecule has 0 spiro atoms. The molecule has 0 N–H and O–H groups in total. The van der Waals surface area contributed by atoms with E-state index in [9.17, 15) is 13.6 Å². The SMILES string of the molecule is O=c1c2nnn(-c3ccc(F)cc3)c2ncn1Cc1ccccc1F. The Morgan fingerprint density at radius 2 is 1.76 bits per heavy atom. The molecule has 0 saturated heterocycles. The van der Waals surface area contributed by atoms with Gasteiger partial charge in [-0.05, 0) is 30.3 Å². The quantitative estimate of drug-likeness (QED) is 0.574. The van der Waals surface area contributed by atoms with Gasteiger partial charge in [-0.25, -0.2) is 13.8 Å². The lowest BCUT2D eigenvalue weighted by atomic mass is 10.2. The molecule has 2 heterocycles. The number of benzene rings is 2. The Morgan fingerprint density at radius 3 is 2.52 bits per heavy atom. The molecule has 0 aliphatic rings. The molecule has 0 atom stereocenters. The summed E-state index contributed by atoms with van der Waals surface area (Å²) in [6.07, 6.45) is 1.32. The lowest BCUT2D eigenvalue weighted by molar-refractivity contribution is 0.595. The average Bonchev–Trinajstić information content (AvgIpc) is 3.05. The van der Waals surface area contributed by atoms with Crippen LogP contribution in [0, 0.1) is 11.6 Å². The van der Waals surface area contributed by atoms with Crippen molar-refractivity contribution in [2.45, 2.75) is 6.54 Å². The highest BCUT2D eigenvalue weighted by Crippen LogP contribution is 2.13. The standard InChI is InChI=1S/C17H11F2N5O/c18-12-5-7-13(8-6-12)24-16-15(21-22-24)17(25)23(10-20-16)9-11-3-1-2-4-14(11)19/h1-8,10H,9H2. The van der Waals surface area contributed by atoms with Crippen LogP contribution in [0.1, 0.15) is 5.56 Å². The molecule has 4 aromatic rings. The summed E-state index contributed by atoms with van der Waals surface area (Å²) >= 11 is 0. The second-order valence-electron chi connectivity index (χ2n) is 5.42. The van der Waals surface area contributed by atoms with Gasteiger partial charge in [-0.1, -0.05) is 23.4 Å². The van der Waals surface area contributed by atoms with Gasteiger partial charge < -0.3 is 0 Å². The van der Waals surface area contributed by atoms with Crippen molar-refractivity contribution < 1.29 is 8.78 Å². The maximum atomic E-state index is 13.8.